The van der Waals surface area contributed by atoms with Gasteiger partial charge in [-0.05, 0) is 37.6 Å². The normalized spacial score (nSPS) is 15.9. The molecule has 7 heteroatoms. The maximum absolute atomic E-state index is 12.5. The van der Waals surface area contributed by atoms with Crippen molar-refractivity contribution in [3.8, 4) is 0 Å². The minimum Gasteiger partial charge on any atom is -0.342 e. The fraction of sp³-hybridized carbons (Fsp3) is 0.529. The van der Waals surface area contributed by atoms with Gasteiger partial charge in [0.25, 0.3) is 0 Å². The number of aryl methyl sites for hydroxylation is 1. The molecule has 0 radical (unpaired) electrons. The van der Waals surface area contributed by atoms with Crippen LogP contribution in [0.25, 0.3) is 0 Å². The van der Waals surface area contributed by atoms with Crippen molar-refractivity contribution in [2.24, 2.45) is 7.05 Å². The average Bonchev–Trinajstić information content (AvgIpc) is 3.02. The molecule has 2 aromatic heterocycles. The predicted molar refractivity (Wildman–Crippen MR) is 90.1 cm³/mol. The third-order valence-electron chi connectivity index (χ3n) is 4.57. The highest BCUT2D eigenvalue weighted by Gasteiger charge is 2.26. The maximum atomic E-state index is 12.5. The Morgan fingerprint density at radius 3 is 2.62 bits per heavy atom. The zero-order chi connectivity index (χ0) is 16.9. The molecular weight excluding hydrogens is 304 g/mol. The highest BCUT2D eigenvalue weighted by molar-refractivity contribution is 5.78. The monoisotopic (exact) mass is 328 g/mol. The van der Waals surface area contributed by atoms with Gasteiger partial charge in [0.15, 0.2) is 0 Å². The van der Waals surface area contributed by atoms with Gasteiger partial charge in [0.1, 0.15) is 12.2 Å². The zero-order valence-electron chi connectivity index (χ0n) is 14.3. The van der Waals surface area contributed by atoms with E-state index >= 15 is 0 Å². The lowest BCUT2D eigenvalue weighted by molar-refractivity contribution is -0.133. The smallest absolute Gasteiger partial charge is 0.236 e. The van der Waals surface area contributed by atoms with Crippen LogP contribution in [0, 0.1) is 0 Å². The van der Waals surface area contributed by atoms with Crippen LogP contribution in [0.15, 0.2) is 30.9 Å². The summed E-state index contributed by atoms with van der Waals surface area (Å²) in [6.45, 7) is 2.78. The second-order valence-electron chi connectivity index (χ2n) is 6.48. The van der Waals surface area contributed by atoms with E-state index in [-0.39, 0.29) is 5.91 Å². The van der Waals surface area contributed by atoms with E-state index in [1.165, 1.54) is 5.56 Å². The summed E-state index contributed by atoms with van der Waals surface area (Å²) in [7, 11) is 3.95. The second kappa shape index (κ2) is 7.53. The summed E-state index contributed by atoms with van der Waals surface area (Å²) < 4.78 is 1.98. The summed E-state index contributed by atoms with van der Waals surface area (Å²) in [4.78, 5) is 20.5. The molecule has 0 bridgehead atoms. The van der Waals surface area contributed by atoms with Crippen molar-refractivity contribution in [3.63, 3.8) is 0 Å². The van der Waals surface area contributed by atoms with Gasteiger partial charge in [-0.1, -0.05) is 0 Å². The fourth-order valence-electron chi connectivity index (χ4n) is 3.24. The van der Waals surface area contributed by atoms with E-state index in [9.17, 15) is 4.79 Å². The predicted octanol–water partition coefficient (Wildman–Crippen LogP) is 1.05. The number of likely N-dealkylation sites (N-methyl/N-ethyl adjacent to an activating group) is 1. The molecule has 7 nitrogen and oxygen atoms in total. The fourth-order valence-corrected chi connectivity index (χ4v) is 3.24. The van der Waals surface area contributed by atoms with Gasteiger partial charge < -0.3 is 9.47 Å². The van der Waals surface area contributed by atoms with Crippen molar-refractivity contribution >= 4 is 5.91 Å². The first-order chi connectivity index (χ1) is 11.6. The lowest BCUT2D eigenvalue weighted by Gasteiger charge is -2.32. The number of piperidine rings is 1. The zero-order valence-corrected chi connectivity index (χ0v) is 14.3. The number of pyridine rings is 1. The van der Waals surface area contributed by atoms with Crippen LogP contribution in [0.3, 0.4) is 0 Å². The van der Waals surface area contributed by atoms with Crippen molar-refractivity contribution in [1.82, 2.24) is 29.5 Å². The molecule has 3 heterocycles. The molecule has 1 saturated heterocycles. The van der Waals surface area contributed by atoms with Gasteiger partial charge in [0, 0.05) is 45.0 Å². The van der Waals surface area contributed by atoms with Crippen molar-refractivity contribution in [2.75, 3.05) is 26.7 Å². The van der Waals surface area contributed by atoms with E-state index < -0.39 is 0 Å². The van der Waals surface area contributed by atoms with Crippen LogP contribution in [0.1, 0.15) is 30.1 Å². The van der Waals surface area contributed by atoms with Crippen LogP contribution in [0.4, 0.5) is 0 Å². The maximum Gasteiger partial charge on any atom is 0.236 e. The molecule has 1 fully saturated rings. The Hall–Kier alpha value is -2.28. The van der Waals surface area contributed by atoms with E-state index in [0.29, 0.717) is 12.5 Å². The molecule has 1 aliphatic rings. The van der Waals surface area contributed by atoms with E-state index in [0.717, 1.165) is 38.3 Å². The average molecular weight is 328 g/mol. The number of carbonyl (C=O) groups excluding carboxylic acids is 1. The number of hydrogen-bond donors (Lipinski definition) is 0. The number of carbonyl (C=O) groups is 1. The number of likely N-dealkylation sites (tertiary alicyclic amines) is 1. The van der Waals surface area contributed by atoms with Crippen molar-refractivity contribution in [3.05, 3.63) is 42.2 Å². The number of hydrogen-bond acceptors (Lipinski definition) is 5. The van der Waals surface area contributed by atoms with Gasteiger partial charge in [-0.15, -0.1) is 10.2 Å². The molecule has 1 amide bonds. The van der Waals surface area contributed by atoms with Crippen LogP contribution in [-0.2, 0) is 18.4 Å². The quantitative estimate of drug-likeness (QED) is 0.821. The largest absolute Gasteiger partial charge is 0.342 e. The Morgan fingerprint density at radius 1 is 1.29 bits per heavy atom. The molecule has 24 heavy (non-hydrogen) atoms. The second-order valence-corrected chi connectivity index (χ2v) is 6.48. The van der Waals surface area contributed by atoms with Crippen molar-refractivity contribution in [1.29, 1.82) is 0 Å². The minimum absolute atomic E-state index is 0.197. The van der Waals surface area contributed by atoms with Gasteiger partial charge >= 0.3 is 0 Å². The first-order valence-corrected chi connectivity index (χ1v) is 8.32. The number of amides is 1. The Balaban J connectivity index is 1.47. The molecule has 0 aromatic carbocycles. The third kappa shape index (κ3) is 3.97. The van der Waals surface area contributed by atoms with Gasteiger partial charge in [0.2, 0.25) is 5.91 Å². The van der Waals surface area contributed by atoms with Gasteiger partial charge in [0.05, 0.1) is 6.54 Å². The molecule has 2 aromatic rings. The topological polar surface area (TPSA) is 67.2 Å². The molecule has 0 saturated carbocycles. The van der Waals surface area contributed by atoms with Crippen molar-refractivity contribution < 1.29 is 4.79 Å². The molecule has 0 spiro atoms. The number of nitrogens with zero attached hydrogens (tertiary/aromatic N) is 6. The molecule has 1 aliphatic heterocycles. The minimum atomic E-state index is 0.197. The first-order valence-electron chi connectivity index (χ1n) is 8.32. The van der Waals surface area contributed by atoms with E-state index in [1.54, 1.807) is 18.7 Å². The summed E-state index contributed by atoms with van der Waals surface area (Å²) in [6.07, 6.45) is 7.20. The summed E-state index contributed by atoms with van der Waals surface area (Å²) in [6, 6.07) is 3.96. The molecular formula is C17H24N6O. The van der Waals surface area contributed by atoms with E-state index in [1.807, 2.05) is 40.6 Å². The molecule has 0 atom stereocenters. The van der Waals surface area contributed by atoms with Crippen LogP contribution < -0.4 is 0 Å². The molecule has 0 N–H and O–H groups in total. The summed E-state index contributed by atoms with van der Waals surface area (Å²) in [5.74, 6) is 1.62. The lowest BCUT2D eigenvalue weighted by Crippen LogP contribution is -2.43. The van der Waals surface area contributed by atoms with Gasteiger partial charge in [-0.2, -0.15) is 0 Å². The first kappa shape index (κ1) is 16.6. The number of rotatable bonds is 5. The summed E-state index contributed by atoms with van der Waals surface area (Å²) in [5.41, 5.74) is 1.17. The summed E-state index contributed by atoms with van der Waals surface area (Å²) in [5, 5.41) is 8.15. The molecule has 0 aliphatic carbocycles. The molecule has 128 valence electrons. The lowest BCUT2D eigenvalue weighted by atomic mass is 9.96. The van der Waals surface area contributed by atoms with E-state index in [4.69, 9.17) is 0 Å². The molecule has 0 unspecified atom stereocenters. The standard InChI is InChI=1S/C17H24N6O/c1-21(11-14-3-7-18-8-4-14)12-16(24)23-9-5-15(6-10-23)17-20-19-13-22(17)2/h3-4,7-8,13,15H,5-6,9-12H2,1-2H3. The van der Waals surface area contributed by atoms with Crippen LogP contribution in [-0.4, -0.2) is 62.1 Å². The Bertz CT molecular complexity index is 663. The van der Waals surface area contributed by atoms with E-state index in [2.05, 4.69) is 15.2 Å². The summed E-state index contributed by atoms with van der Waals surface area (Å²) >= 11 is 0. The Kier molecular flexibility index (Phi) is 5.20. The van der Waals surface area contributed by atoms with Crippen LogP contribution in [0.2, 0.25) is 0 Å². The SMILES string of the molecule is CN(CC(=O)N1CCC(c2nncn2C)CC1)Cc1ccncc1. The molecule has 3 rings (SSSR count). The van der Waals surface area contributed by atoms with Gasteiger partial charge in [-0.3, -0.25) is 14.7 Å². The van der Waals surface area contributed by atoms with Crippen LogP contribution in [0.5, 0.6) is 0 Å². The Morgan fingerprint density at radius 2 is 2.00 bits per heavy atom. The van der Waals surface area contributed by atoms with Crippen molar-refractivity contribution in [2.45, 2.75) is 25.3 Å². The number of aromatic nitrogens is 4. The van der Waals surface area contributed by atoms with Crippen LogP contribution >= 0.6 is 0 Å². The highest BCUT2D eigenvalue weighted by atomic mass is 16.2. The highest BCUT2D eigenvalue weighted by Crippen LogP contribution is 2.26. The third-order valence-corrected chi connectivity index (χ3v) is 4.57. The Labute approximate surface area is 142 Å². The van der Waals surface area contributed by atoms with Gasteiger partial charge in [-0.25, -0.2) is 0 Å².